The highest BCUT2D eigenvalue weighted by Gasteiger charge is 2.45. The van der Waals surface area contributed by atoms with Gasteiger partial charge in [-0.05, 0) is 44.0 Å². The summed E-state index contributed by atoms with van der Waals surface area (Å²) in [5.41, 5.74) is 4.39. The van der Waals surface area contributed by atoms with Crippen molar-refractivity contribution < 1.29 is 9.59 Å². The number of fused-ring (bicyclic) bond motifs is 2. The van der Waals surface area contributed by atoms with E-state index in [-0.39, 0.29) is 24.1 Å². The molecule has 0 saturated carbocycles. The van der Waals surface area contributed by atoms with Crippen LogP contribution in [0.2, 0.25) is 0 Å². The van der Waals surface area contributed by atoms with Gasteiger partial charge in [0, 0.05) is 25.0 Å². The van der Waals surface area contributed by atoms with Crippen LogP contribution in [-0.2, 0) is 6.54 Å². The Hall–Kier alpha value is -3.39. The molecule has 176 valence electrons. The molecule has 8 heteroatoms. The number of amides is 4. The Balaban J connectivity index is 1.34. The van der Waals surface area contributed by atoms with Gasteiger partial charge in [-0.25, -0.2) is 14.6 Å². The molecule has 2 atom stereocenters. The molecule has 1 aromatic heterocycles. The molecule has 2 aliphatic rings. The third kappa shape index (κ3) is 4.37. The Morgan fingerprint density at radius 3 is 2.03 bits per heavy atom. The van der Waals surface area contributed by atoms with Crippen molar-refractivity contribution in [1.29, 1.82) is 0 Å². The molecule has 2 fully saturated rings. The van der Waals surface area contributed by atoms with Gasteiger partial charge in [0.05, 0.1) is 41.2 Å². The molecule has 2 aliphatic heterocycles. The molecule has 4 amide bonds. The van der Waals surface area contributed by atoms with Crippen molar-refractivity contribution >= 4 is 34.8 Å². The summed E-state index contributed by atoms with van der Waals surface area (Å²) < 4.78 is 0. The maximum absolute atomic E-state index is 13.8. The molecule has 0 unspecified atom stereocenters. The molecular weight excluding hydrogens is 446 g/mol. The molecule has 0 aliphatic carbocycles. The van der Waals surface area contributed by atoms with Gasteiger partial charge in [0.2, 0.25) is 0 Å². The van der Waals surface area contributed by atoms with E-state index < -0.39 is 0 Å². The van der Waals surface area contributed by atoms with Crippen LogP contribution in [0.25, 0.3) is 0 Å². The quantitative estimate of drug-likeness (QED) is 0.510. The molecule has 0 spiro atoms. The van der Waals surface area contributed by atoms with Gasteiger partial charge in [-0.2, -0.15) is 0 Å². The van der Waals surface area contributed by atoms with Gasteiger partial charge in [0.15, 0.2) is 0 Å². The van der Waals surface area contributed by atoms with Crippen molar-refractivity contribution in [3.8, 4) is 0 Å². The Morgan fingerprint density at radius 2 is 1.53 bits per heavy atom. The van der Waals surface area contributed by atoms with E-state index in [1.807, 2.05) is 87.7 Å². The lowest BCUT2D eigenvalue weighted by Gasteiger charge is -2.44. The fourth-order valence-corrected chi connectivity index (χ4v) is 5.58. The zero-order chi connectivity index (χ0) is 23.5. The Morgan fingerprint density at radius 1 is 0.941 bits per heavy atom. The Bertz CT molecular complexity index is 1060. The van der Waals surface area contributed by atoms with E-state index in [2.05, 4.69) is 4.98 Å². The third-order valence-corrected chi connectivity index (χ3v) is 7.32. The molecule has 2 aromatic carbocycles. The first-order valence-corrected chi connectivity index (χ1v) is 12.7. The standard InChI is InChI=1S/C26H29N5O2S/c1-2-28(15-20-18-34-19-27-20)25(32)31-23-13-14-24(31)17-29(16-23)26(33)30(21-9-5-3-6-10-21)22-11-7-4-8-12-22/h3-12,18-19,23-24H,2,13-17H2,1H3/t23-,24+. The molecule has 3 aromatic rings. The summed E-state index contributed by atoms with van der Waals surface area (Å²) in [6.07, 6.45) is 1.84. The average Bonchev–Trinajstić information content (AvgIpc) is 3.48. The second-order valence-corrected chi connectivity index (χ2v) is 9.48. The van der Waals surface area contributed by atoms with Crippen LogP contribution in [0.1, 0.15) is 25.5 Å². The minimum absolute atomic E-state index is 0.0353. The fraction of sp³-hybridized carbons (Fsp3) is 0.346. The minimum Gasteiger partial charge on any atom is -0.320 e. The molecule has 0 radical (unpaired) electrons. The highest BCUT2D eigenvalue weighted by Crippen LogP contribution is 2.34. The van der Waals surface area contributed by atoms with Crippen LogP contribution in [0.5, 0.6) is 0 Å². The van der Waals surface area contributed by atoms with Gasteiger partial charge in [-0.1, -0.05) is 36.4 Å². The first kappa shape index (κ1) is 22.4. The summed E-state index contributed by atoms with van der Waals surface area (Å²) in [6, 6.07) is 19.6. The van der Waals surface area contributed by atoms with Crippen LogP contribution in [0.4, 0.5) is 21.0 Å². The second-order valence-electron chi connectivity index (χ2n) is 8.76. The predicted octanol–water partition coefficient (Wildman–Crippen LogP) is 5.19. The van der Waals surface area contributed by atoms with Crippen molar-refractivity contribution in [2.75, 3.05) is 24.5 Å². The maximum atomic E-state index is 13.8. The number of anilines is 2. The monoisotopic (exact) mass is 475 g/mol. The number of nitrogens with zero attached hydrogens (tertiary/aromatic N) is 5. The summed E-state index contributed by atoms with van der Waals surface area (Å²) in [6.45, 7) is 4.25. The number of rotatable bonds is 5. The van der Waals surface area contributed by atoms with E-state index in [1.54, 1.807) is 21.7 Å². The van der Waals surface area contributed by atoms with Gasteiger partial charge >= 0.3 is 12.1 Å². The van der Waals surface area contributed by atoms with Gasteiger partial charge in [-0.15, -0.1) is 11.3 Å². The highest BCUT2D eigenvalue weighted by atomic mass is 32.1. The number of carbonyl (C=O) groups is 2. The summed E-state index contributed by atoms with van der Waals surface area (Å²) >= 11 is 1.54. The molecule has 2 bridgehead atoms. The summed E-state index contributed by atoms with van der Waals surface area (Å²) in [5, 5.41) is 1.99. The zero-order valence-corrected chi connectivity index (χ0v) is 20.1. The molecule has 5 rings (SSSR count). The summed E-state index contributed by atoms with van der Waals surface area (Å²) in [5.74, 6) is 0. The summed E-state index contributed by atoms with van der Waals surface area (Å²) in [4.78, 5) is 39.2. The number of thiazole rings is 1. The lowest BCUT2D eigenvalue weighted by Crippen LogP contribution is -2.61. The molecule has 34 heavy (non-hydrogen) atoms. The van der Waals surface area contributed by atoms with Gasteiger partial charge < -0.3 is 14.7 Å². The largest absolute Gasteiger partial charge is 0.329 e. The predicted molar refractivity (Wildman–Crippen MR) is 134 cm³/mol. The SMILES string of the molecule is CCN(Cc1cscn1)C(=O)N1[C@@H]2CC[C@H]1CN(C(=O)N(c1ccccc1)c1ccccc1)C2. The third-order valence-electron chi connectivity index (χ3n) is 6.68. The number of hydrogen-bond acceptors (Lipinski definition) is 4. The Labute approximate surface area is 204 Å². The number of aromatic nitrogens is 1. The van der Waals surface area contributed by atoms with E-state index in [0.717, 1.165) is 29.9 Å². The van der Waals surface area contributed by atoms with Crippen LogP contribution in [-0.4, -0.2) is 63.5 Å². The normalized spacial score (nSPS) is 19.2. The molecule has 7 nitrogen and oxygen atoms in total. The van der Waals surface area contributed by atoms with Crippen LogP contribution in [0, 0.1) is 0 Å². The number of carbonyl (C=O) groups excluding carboxylic acids is 2. The fourth-order valence-electron chi connectivity index (χ4n) is 5.03. The average molecular weight is 476 g/mol. The first-order valence-electron chi connectivity index (χ1n) is 11.8. The number of para-hydroxylation sites is 2. The smallest absolute Gasteiger partial charge is 0.320 e. The van der Waals surface area contributed by atoms with Crippen molar-refractivity contribution in [2.45, 2.75) is 38.4 Å². The number of hydrogen-bond donors (Lipinski definition) is 0. The molecular formula is C26H29N5O2S. The van der Waals surface area contributed by atoms with E-state index in [1.165, 1.54) is 0 Å². The molecule has 2 saturated heterocycles. The van der Waals surface area contributed by atoms with E-state index in [0.29, 0.717) is 26.2 Å². The van der Waals surface area contributed by atoms with Crippen LogP contribution >= 0.6 is 11.3 Å². The van der Waals surface area contributed by atoms with Crippen LogP contribution in [0.15, 0.2) is 71.6 Å². The second kappa shape index (κ2) is 9.85. The van der Waals surface area contributed by atoms with E-state index in [4.69, 9.17) is 0 Å². The minimum atomic E-state index is -0.0452. The number of benzene rings is 2. The van der Waals surface area contributed by atoms with Crippen molar-refractivity contribution in [3.63, 3.8) is 0 Å². The van der Waals surface area contributed by atoms with Crippen LogP contribution < -0.4 is 4.90 Å². The molecule has 3 heterocycles. The number of piperazine rings is 1. The van der Waals surface area contributed by atoms with Crippen molar-refractivity contribution in [3.05, 3.63) is 77.2 Å². The van der Waals surface area contributed by atoms with Gasteiger partial charge in [0.1, 0.15) is 0 Å². The van der Waals surface area contributed by atoms with E-state index >= 15 is 0 Å². The lowest BCUT2D eigenvalue weighted by molar-refractivity contribution is 0.0814. The first-order chi connectivity index (χ1) is 16.7. The van der Waals surface area contributed by atoms with Gasteiger partial charge in [0.25, 0.3) is 0 Å². The van der Waals surface area contributed by atoms with E-state index in [9.17, 15) is 9.59 Å². The van der Waals surface area contributed by atoms with Gasteiger partial charge in [-0.3, -0.25) is 4.90 Å². The molecule has 0 N–H and O–H groups in total. The topological polar surface area (TPSA) is 60.0 Å². The number of urea groups is 2. The number of likely N-dealkylation sites (tertiary alicyclic amines) is 1. The van der Waals surface area contributed by atoms with Crippen molar-refractivity contribution in [2.24, 2.45) is 0 Å². The Kier molecular flexibility index (Phi) is 6.49. The van der Waals surface area contributed by atoms with Crippen molar-refractivity contribution in [1.82, 2.24) is 19.7 Å². The maximum Gasteiger partial charge on any atom is 0.329 e. The highest BCUT2D eigenvalue weighted by molar-refractivity contribution is 7.07. The van der Waals surface area contributed by atoms with Crippen LogP contribution in [0.3, 0.4) is 0 Å². The zero-order valence-electron chi connectivity index (χ0n) is 19.3. The summed E-state index contributed by atoms with van der Waals surface area (Å²) in [7, 11) is 0. The lowest BCUT2D eigenvalue weighted by atomic mass is 10.2.